The van der Waals surface area contributed by atoms with Gasteiger partial charge in [0.2, 0.25) is 0 Å². The van der Waals surface area contributed by atoms with E-state index >= 15 is 0 Å². The lowest BCUT2D eigenvalue weighted by Gasteiger charge is -2.06. The molecule has 0 aliphatic heterocycles. The van der Waals surface area contributed by atoms with E-state index in [2.05, 4.69) is 10.4 Å². The van der Waals surface area contributed by atoms with Gasteiger partial charge in [0, 0.05) is 18.2 Å². The van der Waals surface area contributed by atoms with Gasteiger partial charge in [0.05, 0.1) is 24.2 Å². The van der Waals surface area contributed by atoms with Gasteiger partial charge in [0.1, 0.15) is 5.75 Å². The summed E-state index contributed by atoms with van der Waals surface area (Å²) in [5.41, 5.74) is 1.10. The first-order valence-corrected chi connectivity index (χ1v) is 9.83. The van der Waals surface area contributed by atoms with Crippen LogP contribution in [0.4, 0.5) is 0 Å². The molecular formula is C21H21ClN4O3. The van der Waals surface area contributed by atoms with Crippen LogP contribution in [0.15, 0.2) is 53.3 Å². The monoisotopic (exact) mass is 412 g/mol. The molecule has 1 N–H and O–H groups in total. The number of benzene rings is 2. The molecule has 0 radical (unpaired) electrons. The number of aromatic nitrogens is 3. The summed E-state index contributed by atoms with van der Waals surface area (Å²) in [6.07, 6.45) is 1.94. The van der Waals surface area contributed by atoms with Crippen LogP contribution in [0.25, 0.3) is 11.4 Å². The molecule has 1 aliphatic carbocycles. The average molecular weight is 413 g/mol. The van der Waals surface area contributed by atoms with E-state index in [0.29, 0.717) is 16.4 Å². The first-order chi connectivity index (χ1) is 14.1. The molecule has 3 aromatic rings. The Morgan fingerprint density at radius 1 is 1.21 bits per heavy atom. The smallest absolute Gasteiger partial charge is 0.346 e. The summed E-state index contributed by atoms with van der Waals surface area (Å²) in [5.74, 6) is 1.11. The first-order valence-electron chi connectivity index (χ1n) is 9.45. The second-order valence-electron chi connectivity index (χ2n) is 6.89. The minimum atomic E-state index is -0.277. The predicted molar refractivity (Wildman–Crippen MR) is 111 cm³/mol. The van der Waals surface area contributed by atoms with Gasteiger partial charge in [-0.15, -0.1) is 5.10 Å². The number of amides is 1. The standard InChI is InChI=1S/C21H21ClN4O3/c1-29-16-10-6-14(7-11-16)19-24-25(21(28)26(19)15-8-9-15)13-12-23-20(27)17-4-2-3-5-18(17)22/h2-7,10-11,15H,8-9,12-13H2,1H3,(H,23,27). The van der Waals surface area contributed by atoms with Crippen LogP contribution >= 0.6 is 11.6 Å². The fourth-order valence-corrected chi connectivity index (χ4v) is 3.40. The zero-order chi connectivity index (χ0) is 20.4. The van der Waals surface area contributed by atoms with E-state index in [0.717, 1.165) is 24.2 Å². The lowest BCUT2D eigenvalue weighted by Crippen LogP contribution is -2.32. The molecule has 1 amide bonds. The van der Waals surface area contributed by atoms with Gasteiger partial charge in [0.25, 0.3) is 5.91 Å². The number of methoxy groups -OCH3 is 1. The highest BCUT2D eigenvalue weighted by atomic mass is 35.5. The summed E-state index contributed by atoms with van der Waals surface area (Å²) in [6, 6.07) is 14.5. The Hall–Kier alpha value is -3.06. The van der Waals surface area contributed by atoms with Gasteiger partial charge < -0.3 is 10.1 Å². The quantitative estimate of drug-likeness (QED) is 0.646. The second kappa shape index (κ2) is 8.13. The molecule has 1 fully saturated rings. The Morgan fingerprint density at radius 2 is 1.93 bits per heavy atom. The number of hydrogen-bond acceptors (Lipinski definition) is 4. The lowest BCUT2D eigenvalue weighted by atomic mass is 10.2. The molecule has 0 spiro atoms. The minimum Gasteiger partial charge on any atom is -0.497 e. The lowest BCUT2D eigenvalue weighted by molar-refractivity contribution is 0.0952. The van der Waals surface area contributed by atoms with Crippen molar-refractivity contribution in [3.05, 3.63) is 69.6 Å². The van der Waals surface area contributed by atoms with Gasteiger partial charge in [-0.1, -0.05) is 23.7 Å². The summed E-state index contributed by atoms with van der Waals surface area (Å²) in [7, 11) is 1.61. The fourth-order valence-electron chi connectivity index (χ4n) is 3.18. The van der Waals surface area contributed by atoms with Crippen LogP contribution in [0, 0.1) is 0 Å². The van der Waals surface area contributed by atoms with E-state index in [4.69, 9.17) is 16.3 Å². The van der Waals surface area contributed by atoms with E-state index in [1.807, 2.05) is 24.3 Å². The van der Waals surface area contributed by atoms with Crippen LogP contribution in [0.2, 0.25) is 5.02 Å². The third kappa shape index (κ3) is 4.05. The summed E-state index contributed by atoms with van der Waals surface area (Å²) in [5, 5.41) is 7.72. The van der Waals surface area contributed by atoms with Gasteiger partial charge >= 0.3 is 5.69 Å². The minimum absolute atomic E-state index is 0.162. The normalized spacial score (nSPS) is 13.3. The fraction of sp³-hybridized carbons (Fsp3) is 0.286. The summed E-state index contributed by atoms with van der Waals surface area (Å²) >= 11 is 6.05. The number of rotatable bonds is 7. The molecule has 2 aromatic carbocycles. The van der Waals surface area contributed by atoms with Crippen LogP contribution < -0.4 is 15.7 Å². The van der Waals surface area contributed by atoms with Crippen molar-refractivity contribution in [3.8, 4) is 17.1 Å². The molecular weight excluding hydrogens is 392 g/mol. The van der Waals surface area contributed by atoms with Crippen molar-refractivity contribution < 1.29 is 9.53 Å². The first kappa shape index (κ1) is 19.3. The van der Waals surface area contributed by atoms with Gasteiger partial charge in [-0.05, 0) is 49.2 Å². The third-order valence-electron chi connectivity index (χ3n) is 4.86. The molecule has 0 atom stereocenters. The molecule has 0 bridgehead atoms. The van der Waals surface area contributed by atoms with Crippen molar-refractivity contribution in [2.24, 2.45) is 0 Å². The highest BCUT2D eigenvalue weighted by molar-refractivity contribution is 6.33. The highest BCUT2D eigenvalue weighted by Crippen LogP contribution is 2.36. The molecule has 4 rings (SSSR count). The topological polar surface area (TPSA) is 78.2 Å². The summed E-state index contributed by atoms with van der Waals surface area (Å²) in [4.78, 5) is 25.2. The zero-order valence-corrected chi connectivity index (χ0v) is 16.7. The van der Waals surface area contributed by atoms with Crippen LogP contribution in [-0.2, 0) is 6.54 Å². The molecule has 8 heteroatoms. The van der Waals surface area contributed by atoms with E-state index in [1.165, 1.54) is 4.68 Å². The van der Waals surface area contributed by atoms with E-state index in [9.17, 15) is 9.59 Å². The number of hydrogen-bond donors (Lipinski definition) is 1. The molecule has 0 saturated heterocycles. The maximum absolute atomic E-state index is 12.9. The molecule has 1 aliphatic rings. The van der Waals surface area contributed by atoms with Crippen molar-refractivity contribution >= 4 is 17.5 Å². The Labute approximate surface area is 172 Å². The van der Waals surface area contributed by atoms with Gasteiger partial charge in [-0.25, -0.2) is 9.48 Å². The number of carbonyl (C=O) groups excluding carboxylic acids is 1. The van der Waals surface area contributed by atoms with Gasteiger partial charge in [0.15, 0.2) is 5.82 Å². The molecule has 1 heterocycles. The van der Waals surface area contributed by atoms with Crippen LogP contribution in [-0.4, -0.2) is 33.9 Å². The molecule has 150 valence electrons. The largest absolute Gasteiger partial charge is 0.497 e. The molecule has 1 aromatic heterocycles. The SMILES string of the molecule is COc1ccc(-c2nn(CCNC(=O)c3ccccc3Cl)c(=O)n2C2CC2)cc1. The Balaban J connectivity index is 1.51. The number of ether oxygens (including phenoxy) is 1. The van der Waals surface area contributed by atoms with Crippen molar-refractivity contribution in [1.29, 1.82) is 0 Å². The Morgan fingerprint density at radius 3 is 2.59 bits per heavy atom. The Bertz CT molecular complexity index is 1080. The van der Waals surface area contributed by atoms with E-state index < -0.39 is 0 Å². The molecule has 7 nitrogen and oxygen atoms in total. The maximum atomic E-state index is 12.9. The molecule has 1 saturated carbocycles. The van der Waals surface area contributed by atoms with Crippen molar-refractivity contribution in [2.45, 2.75) is 25.4 Å². The molecule has 0 unspecified atom stereocenters. The zero-order valence-electron chi connectivity index (χ0n) is 16.0. The average Bonchev–Trinajstić information content (AvgIpc) is 3.52. The predicted octanol–water partition coefficient (Wildman–Crippen LogP) is 3.14. The Kier molecular flexibility index (Phi) is 5.40. The molecule has 29 heavy (non-hydrogen) atoms. The van der Waals surface area contributed by atoms with Gasteiger partial charge in [-0.2, -0.15) is 0 Å². The van der Waals surface area contributed by atoms with Crippen LogP contribution in [0.3, 0.4) is 0 Å². The third-order valence-corrected chi connectivity index (χ3v) is 5.19. The van der Waals surface area contributed by atoms with E-state index in [1.54, 1.807) is 35.9 Å². The number of carbonyl (C=O) groups is 1. The van der Waals surface area contributed by atoms with Crippen LogP contribution in [0.1, 0.15) is 29.2 Å². The highest BCUT2D eigenvalue weighted by Gasteiger charge is 2.30. The van der Waals surface area contributed by atoms with Crippen molar-refractivity contribution in [2.75, 3.05) is 13.7 Å². The number of halogens is 1. The number of nitrogens with one attached hydrogen (secondary N) is 1. The van der Waals surface area contributed by atoms with E-state index in [-0.39, 0.29) is 30.7 Å². The maximum Gasteiger partial charge on any atom is 0.346 e. The summed E-state index contributed by atoms with van der Waals surface area (Å²) < 4.78 is 8.36. The summed E-state index contributed by atoms with van der Waals surface area (Å²) in [6.45, 7) is 0.547. The number of nitrogens with zero attached hydrogens (tertiary/aromatic N) is 3. The second-order valence-corrected chi connectivity index (χ2v) is 7.30. The van der Waals surface area contributed by atoms with Crippen molar-refractivity contribution in [3.63, 3.8) is 0 Å². The van der Waals surface area contributed by atoms with Crippen molar-refractivity contribution in [1.82, 2.24) is 19.7 Å². The van der Waals surface area contributed by atoms with Crippen LogP contribution in [0.5, 0.6) is 5.75 Å². The van der Waals surface area contributed by atoms with Gasteiger partial charge in [-0.3, -0.25) is 9.36 Å².